The van der Waals surface area contributed by atoms with Gasteiger partial charge in [-0.15, -0.1) is 0 Å². The number of nitrogens with one attached hydrogen (secondary N) is 1. The van der Waals surface area contributed by atoms with Gasteiger partial charge in [0.1, 0.15) is 5.82 Å². The van der Waals surface area contributed by atoms with E-state index in [1.54, 1.807) is 0 Å². The van der Waals surface area contributed by atoms with Gasteiger partial charge in [-0.2, -0.15) is 0 Å². The molecule has 4 heteroatoms. The molecule has 0 amide bonds. The van der Waals surface area contributed by atoms with E-state index in [1.165, 1.54) is 18.7 Å². The van der Waals surface area contributed by atoms with Gasteiger partial charge in [0.25, 0.3) is 0 Å². The molecule has 1 N–H and O–H groups in total. The quantitative estimate of drug-likeness (QED) is 0.799. The van der Waals surface area contributed by atoms with Gasteiger partial charge in [0.15, 0.2) is 0 Å². The van der Waals surface area contributed by atoms with E-state index in [4.69, 9.17) is 4.98 Å². The molecule has 1 saturated heterocycles. The van der Waals surface area contributed by atoms with E-state index in [0.717, 1.165) is 37.4 Å². The third-order valence-corrected chi connectivity index (χ3v) is 3.56. The Hall–Kier alpha value is -1.00. The second-order valence-corrected chi connectivity index (χ2v) is 5.31. The lowest BCUT2D eigenvalue weighted by Crippen LogP contribution is -2.15. The fourth-order valence-electron chi connectivity index (χ4n) is 2.58. The number of nitrogens with zero attached hydrogens (tertiary/aromatic N) is 3. The zero-order valence-electron chi connectivity index (χ0n) is 11.7. The highest BCUT2D eigenvalue weighted by atomic mass is 15.1. The lowest BCUT2D eigenvalue weighted by Gasteiger charge is -2.12. The fraction of sp³-hybridized carbons (Fsp3) is 0.714. The Morgan fingerprint density at radius 3 is 2.94 bits per heavy atom. The minimum Gasteiger partial charge on any atom is -0.320 e. The molecule has 0 aliphatic carbocycles. The Morgan fingerprint density at radius 2 is 2.28 bits per heavy atom. The van der Waals surface area contributed by atoms with Crippen LogP contribution in [0.1, 0.15) is 36.0 Å². The van der Waals surface area contributed by atoms with Crippen LogP contribution in [0.2, 0.25) is 0 Å². The normalized spacial score (nSPS) is 20.5. The van der Waals surface area contributed by atoms with Crippen LogP contribution in [0.25, 0.3) is 0 Å². The van der Waals surface area contributed by atoms with E-state index in [-0.39, 0.29) is 0 Å². The van der Waals surface area contributed by atoms with E-state index in [9.17, 15) is 0 Å². The summed E-state index contributed by atoms with van der Waals surface area (Å²) in [5.74, 6) is 1.61. The second kappa shape index (κ2) is 6.25. The van der Waals surface area contributed by atoms with Crippen molar-refractivity contribution in [1.29, 1.82) is 0 Å². The Labute approximate surface area is 110 Å². The Kier molecular flexibility index (Phi) is 4.66. The first-order valence-electron chi connectivity index (χ1n) is 6.86. The molecule has 1 fully saturated rings. The van der Waals surface area contributed by atoms with Gasteiger partial charge in [-0.3, -0.25) is 0 Å². The van der Waals surface area contributed by atoms with Crippen LogP contribution in [0.4, 0.5) is 0 Å². The van der Waals surface area contributed by atoms with Crippen LogP contribution in [-0.4, -0.2) is 48.6 Å². The van der Waals surface area contributed by atoms with E-state index in [2.05, 4.69) is 35.2 Å². The number of rotatable bonds is 5. The summed E-state index contributed by atoms with van der Waals surface area (Å²) in [7, 11) is 4.17. The summed E-state index contributed by atoms with van der Waals surface area (Å²) < 4.78 is 0. The van der Waals surface area contributed by atoms with E-state index < -0.39 is 0 Å². The summed E-state index contributed by atoms with van der Waals surface area (Å²) in [5, 5.41) is 3.17. The van der Waals surface area contributed by atoms with Crippen LogP contribution in [0.15, 0.2) is 6.07 Å². The van der Waals surface area contributed by atoms with E-state index in [0.29, 0.717) is 5.92 Å². The first kappa shape index (κ1) is 13.4. The number of likely N-dealkylation sites (N-methyl/N-ethyl adjacent to an activating group) is 1. The smallest absolute Gasteiger partial charge is 0.128 e. The molecule has 1 aromatic rings. The minimum absolute atomic E-state index is 0.597. The second-order valence-electron chi connectivity index (χ2n) is 5.31. The van der Waals surface area contributed by atoms with Crippen LogP contribution < -0.4 is 5.32 Å². The van der Waals surface area contributed by atoms with Crippen molar-refractivity contribution in [2.45, 2.75) is 32.1 Å². The van der Waals surface area contributed by atoms with Gasteiger partial charge in [0, 0.05) is 30.3 Å². The minimum atomic E-state index is 0.597. The van der Waals surface area contributed by atoms with Gasteiger partial charge < -0.3 is 10.2 Å². The van der Waals surface area contributed by atoms with Crippen LogP contribution in [-0.2, 0) is 6.42 Å². The molecule has 1 atom stereocenters. The molecule has 0 radical (unpaired) electrons. The van der Waals surface area contributed by atoms with Gasteiger partial charge >= 0.3 is 0 Å². The van der Waals surface area contributed by atoms with Crippen molar-refractivity contribution in [3.63, 3.8) is 0 Å². The maximum absolute atomic E-state index is 4.76. The molecule has 2 rings (SSSR count). The molecule has 4 nitrogen and oxygen atoms in total. The van der Waals surface area contributed by atoms with E-state index in [1.807, 2.05) is 7.05 Å². The third-order valence-electron chi connectivity index (χ3n) is 3.56. The average Bonchev–Trinajstić information content (AvgIpc) is 2.76. The van der Waals surface area contributed by atoms with E-state index >= 15 is 0 Å². The third kappa shape index (κ3) is 3.50. The first-order chi connectivity index (χ1) is 8.69. The molecule has 100 valence electrons. The fourth-order valence-corrected chi connectivity index (χ4v) is 2.58. The van der Waals surface area contributed by atoms with Gasteiger partial charge in [-0.05, 0) is 53.0 Å². The monoisotopic (exact) mass is 248 g/mol. The number of aromatic nitrogens is 2. The summed E-state index contributed by atoms with van der Waals surface area (Å²) in [6, 6.07) is 2.16. The lowest BCUT2D eigenvalue weighted by molar-refractivity contribution is 0.410. The van der Waals surface area contributed by atoms with Crippen LogP contribution in [0.5, 0.6) is 0 Å². The van der Waals surface area contributed by atoms with Crippen molar-refractivity contribution >= 4 is 0 Å². The summed E-state index contributed by atoms with van der Waals surface area (Å²) in [6.45, 7) is 5.42. The lowest BCUT2D eigenvalue weighted by atomic mass is 10.0. The molecule has 1 aliphatic heterocycles. The molecule has 1 aliphatic rings. The van der Waals surface area contributed by atoms with Crippen LogP contribution in [0, 0.1) is 6.92 Å². The Morgan fingerprint density at radius 1 is 1.44 bits per heavy atom. The van der Waals surface area contributed by atoms with Crippen molar-refractivity contribution in [3.05, 3.63) is 23.3 Å². The standard InChI is InChI=1S/C14H24N4/c1-11-9-13(12-6-8-18(3)10-12)17-14(16-11)5-4-7-15-2/h9,12,15H,4-8,10H2,1-3H3. The predicted octanol–water partition coefficient (Wildman–Crippen LogP) is 1.36. The van der Waals surface area contributed by atoms with Crippen LogP contribution in [0.3, 0.4) is 0 Å². The average molecular weight is 248 g/mol. The van der Waals surface area contributed by atoms with Crippen LogP contribution >= 0.6 is 0 Å². The highest BCUT2D eigenvalue weighted by Crippen LogP contribution is 2.25. The summed E-state index contributed by atoms with van der Waals surface area (Å²) in [6.07, 6.45) is 3.30. The Bertz CT molecular complexity index is 391. The number of hydrogen-bond donors (Lipinski definition) is 1. The van der Waals surface area contributed by atoms with Gasteiger partial charge in [0.2, 0.25) is 0 Å². The van der Waals surface area contributed by atoms with Crippen molar-refractivity contribution in [3.8, 4) is 0 Å². The summed E-state index contributed by atoms with van der Waals surface area (Å²) >= 11 is 0. The maximum atomic E-state index is 4.76. The topological polar surface area (TPSA) is 41.1 Å². The summed E-state index contributed by atoms with van der Waals surface area (Å²) in [5.41, 5.74) is 2.35. The molecule has 1 unspecified atom stereocenters. The van der Waals surface area contributed by atoms with Crippen molar-refractivity contribution in [1.82, 2.24) is 20.2 Å². The highest BCUT2D eigenvalue weighted by Gasteiger charge is 2.22. The highest BCUT2D eigenvalue weighted by molar-refractivity contribution is 5.16. The van der Waals surface area contributed by atoms with Crippen molar-refractivity contribution < 1.29 is 0 Å². The molecule has 0 saturated carbocycles. The molecule has 0 aromatic carbocycles. The molecule has 1 aromatic heterocycles. The van der Waals surface area contributed by atoms with Gasteiger partial charge in [0.05, 0.1) is 0 Å². The molecule has 2 heterocycles. The van der Waals surface area contributed by atoms with Crippen molar-refractivity contribution in [2.24, 2.45) is 0 Å². The van der Waals surface area contributed by atoms with Crippen molar-refractivity contribution in [2.75, 3.05) is 33.7 Å². The number of likely N-dealkylation sites (tertiary alicyclic amines) is 1. The molecular weight excluding hydrogens is 224 g/mol. The van der Waals surface area contributed by atoms with Gasteiger partial charge in [-0.25, -0.2) is 9.97 Å². The number of hydrogen-bond acceptors (Lipinski definition) is 4. The first-order valence-corrected chi connectivity index (χ1v) is 6.86. The SMILES string of the molecule is CNCCCc1nc(C)cc(C2CCN(C)C2)n1. The number of aryl methyl sites for hydroxylation is 2. The summed E-state index contributed by atoms with van der Waals surface area (Å²) in [4.78, 5) is 11.7. The molecular formula is C14H24N4. The zero-order valence-corrected chi connectivity index (χ0v) is 11.7. The predicted molar refractivity (Wildman–Crippen MR) is 73.9 cm³/mol. The molecule has 0 bridgehead atoms. The molecule has 18 heavy (non-hydrogen) atoms. The molecule has 0 spiro atoms. The Balaban J connectivity index is 2.06. The zero-order chi connectivity index (χ0) is 13.0. The van der Waals surface area contributed by atoms with Gasteiger partial charge in [-0.1, -0.05) is 0 Å². The largest absolute Gasteiger partial charge is 0.320 e. The maximum Gasteiger partial charge on any atom is 0.128 e.